The predicted molar refractivity (Wildman–Crippen MR) is 58.6 cm³/mol. The Hall–Kier alpha value is 0.0400. The third kappa shape index (κ3) is 2.76. The lowest BCUT2D eigenvalue weighted by Crippen LogP contribution is -2.08. The molecule has 0 fully saturated rings. The van der Waals surface area contributed by atoms with Crippen LogP contribution in [0.4, 0.5) is 4.39 Å². The highest BCUT2D eigenvalue weighted by Crippen LogP contribution is 2.28. The van der Waals surface area contributed by atoms with Gasteiger partial charge < -0.3 is 5.11 Å². The second kappa shape index (κ2) is 5.21. The lowest BCUT2D eigenvalue weighted by atomic mass is 10.1. The number of hydrogen-bond acceptors (Lipinski definition) is 2. The number of aliphatic hydroxyl groups excluding tert-OH is 1. The van der Waals surface area contributed by atoms with E-state index in [0.717, 1.165) is 4.90 Å². The highest BCUT2D eigenvalue weighted by Gasteiger charge is 2.19. The van der Waals surface area contributed by atoms with Gasteiger partial charge in [-0.05, 0) is 24.5 Å². The molecule has 5 heteroatoms. The molecule has 78 valence electrons. The number of hydrogen-bond donors (Lipinski definition) is 1. The van der Waals surface area contributed by atoms with Gasteiger partial charge in [0.25, 0.3) is 0 Å². The first-order valence-corrected chi connectivity index (χ1v) is 5.95. The van der Waals surface area contributed by atoms with Crippen molar-refractivity contribution in [2.45, 2.75) is 15.8 Å². The number of halogens is 3. The summed E-state index contributed by atoms with van der Waals surface area (Å²) >= 11 is 12.4. The van der Waals surface area contributed by atoms with Gasteiger partial charge in [0, 0.05) is 10.5 Å². The number of rotatable bonds is 3. The Labute approximate surface area is 96.2 Å². The summed E-state index contributed by atoms with van der Waals surface area (Å²) < 4.78 is 13.2. The Kier molecular flexibility index (Phi) is 4.51. The van der Waals surface area contributed by atoms with E-state index in [9.17, 15) is 9.50 Å². The Morgan fingerprint density at radius 2 is 2.07 bits per heavy atom. The summed E-state index contributed by atoms with van der Waals surface area (Å²) in [6, 6.07) is 4.47. The van der Waals surface area contributed by atoms with E-state index in [0.29, 0.717) is 0 Å². The molecule has 0 aliphatic carbocycles. The van der Waals surface area contributed by atoms with E-state index in [1.165, 1.54) is 17.8 Å². The molecule has 0 spiro atoms. The lowest BCUT2D eigenvalue weighted by Gasteiger charge is -2.13. The Morgan fingerprint density at radius 3 is 2.57 bits per heavy atom. The summed E-state index contributed by atoms with van der Waals surface area (Å²) in [5.41, 5.74) is 0.131. The van der Waals surface area contributed by atoms with E-state index < -0.39 is 16.8 Å². The van der Waals surface area contributed by atoms with Crippen molar-refractivity contribution in [3.05, 3.63) is 29.6 Å². The van der Waals surface area contributed by atoms with Crippen molar-refractivity contribution in [3.63, 3.8) is 0 Å². The molecule has 1 nitrogen and oxygen atoms in total. The van der Waals surface area contributed by atoms with Crippen LogP contribution in [-0.4, -0.2) is 16.2 Å². The molecule has 0 radical (unpaired) electrons. The topological polar surface area (TPSA) is 20.2 Å². The van der Waals surface area contributed by atoms with Crippen molar-refractivity contribution in [2.75, 3.05) is 6.26 Å². The van der Waals surface area contributed by atoms with Crippen LogP contribution in [0, 0.1) is 5.82 Å². The van der Waals surface area contributed by atoms with Crippen molar-refractivity contribution in [3.8, 4) is 0 Å². The number of alkyl halides is 2. The van der Waals surface area contributed by atoms with Gasteiger partial charge in [-0.3, -0.25) is 0 Å². The van der Waals surface area contributed by atoms with Crippen molar-refractivity contribution in [1.82, 2.24) is 0 Å². The van der Waals surface area contributed by atoms with E-state index in [1.807, 2.05) is 6.26 Å². The standard InChI is InChI=1S/C9H9Cl2FOS/c1-14-5-2-3-7(12)6(4-5)8(13)9(10)11/h2-4,8-9,13H,1H3. The fourth-order valence-corrected chi connectivity index (χ4v) is 1.73. The van der Waals surface area contributed by atoms with Gasteiger partial charge in [0.1, 0.15) is 16.8 Å². The van der Waals surface area contributed by atoms with Gasteiger partial charge in [0.2, 0.25) is 0 Å². The van der Waals surface area contributed by atoms with Crippen LogP contribution < -0.4 is 0 Å². The monoisotopic (exact) mass is 254 g/mol. The second-order valence-electron chi connectivity index (χ2n) is 2.67. The third-order valence-electron chi connectivity index (χ3n) is 1.76. The lowest BCUT2D eigenvalue weighted by molar-refractivity contribution is 0.187. The van der Waals surface area contributed by atoms with Crippen molar-refractivity contribution >= 4 is 35.0 Å². The van der Waals surface area contributed by atoms with Gasteiger partial charge in [0.15, 0.2) is 0 Å². The molecule has 1 aromatic carbocycles. The number of aliphatic hydroxyl groups is 1. The van der Waals surface area contributed by atoms with Gasteiger partial charge >= 0.3 is 0 Å². The molecule has 1 atom stereocenters. The molecule has 0 saturated heterocycles. The summed E-state index contributed by atoms with van der Waals surface area (Å²) in [5.74, 6) is -0.499. The minimum absolute atomic E-state index is 0.131. The molecule has 1 rings (SSSR count). The summed E-state index contributed by atoms with van der Waals surface area (Å²) in [7, 11) is 0. The maximum atomic E-state index is 13.2. The second-order valence-corrected chi connectivity index (χ2v) is 4.71. The fraction of sp³-hybridized carbons (Fsp3) is 0.333. The zero-order valence-electron chi connectivity index (χ0n) is 7.38. The van der Waals surface area contributed by atoms with Crippen LogP contribution in [0.15, 0.2) is 23.1 Å². The Bertz CT molecular complexity index is 320. The largest absolute Gasteiger partial charge is 0.385 e. The molecule has 1 unspecified atom stereocenters. The van der Waals surface area contributed by atoms with Crippen LogP contribution in [0.5, 0.6) is 0 Å². The molecule has 0 aliphatic heterocycles. The zero-order chi connectivity index (χ0) is 10.7. The van der Waals surface area contributed by atoms with E-state index in [-0.39, 0.29) is 5.56 Å². The molecule has 0 bridgehead atoms. The first kappa shape index (κ1) is 12.1. The summed E-state index contributed by atoms with van der Waals surface area (Å²) in [6.45, 7) is 0. The van der Waals surface area contributed by atoms with Gasteiger partial charge in [0.05, 0.1) is 0 Å². The van der Waals surface area contributed by atoms with E-state index >= 15 is 0 Å². The average Bonchev–Trinajstić information content (AvgIpc) is 2.17. The van der Waals surface area contributed by atoms with Crippen LogP contribution >= 0.6 is 35.0 Å². The maximum absolute atomic E-state index is 13.2. The van der Waals surface area contributed by atoms with Crippen molar-refractivity contribution in [1.29, 1.82) is 0 Å². The number of thioether (sulfide) groups is 1. The highest BCUT2D eigenvalue weighted by atomic mass is 35.5. The zero-order valence-corrected chi connectivity index (χ0v) is 9.70. The van der Waals surface area contributed by atoms with Gasteiger partial charge in [-0.2, -0.15) is 0 Å². The van der Waals surface area contributed by atoms with Crippen LogP contribution in [0.25, 0.3) is 0 Å². The van der Waals surface area contributed by atoms with Crippen LogP contribution in [-0.2, 0) is 0 Å². The predicted octanol–water partition coefficient (Wildman–Crippen LogP) is 3.38. The SMILES string of the molecule is CSc1ccc(F)c(C(O)C(Cl)Cl)c1. The quantitative estimate of drug-likeness (QED) is 0.660. The first-order chi connectivity index (χ1) is 6.56. The average molecular weight is 255 g/mol. The molecule has 0 aliphatic rings. The number of benzene rings is 1. The van der Waals surface area contributed by atoms with Crippen molar-refractivity contribution in [2.24, 2.45) is 0 Å². The summed E-state index contributed by atoms with van der Waals surface area (Å²) in [4.78, 5) is -0.170. The van der Waals surface area contributed by atoms with E-state index in [4.69, 9.17) is 23.2 Å². The summed E-state index contributed by atoms with van der Waals surface area (Å²) in [5, 5.41) is 9.49. The molecular weight excluding hydrogens is 246 g/mol. The minimum atomic E-state index is -1.19. The van der Waals surface area contributed by atoms with Crippen LogP contribution in [0.2, 0.25) is 0 Å². The minimum Gasteiger partial charge on any atom is -0.385 e. The third-order valence-corrected chi connectivity index (χ3v) is 2.96. The molecular formula is C9H9Cl2FOS. The summed E-state index contributed by atoms with van der Waals surface area (Å²) in [6.07, 6.45) is 0.674. The van der Waals surface area contributed by atoms with E-state index in [2.05, 4.69) is 0 Å². The molecule has 1 N–H and O–H groups in total. The van der Waals surface area contributed by atoms with E-state index in [1.54, 1.807) is 12.1 Å². The van der Waals surface area contributed by atoms with Gasteiger partial charge in [-0.1, -0.05) is 0 Å². The van der Waals surface area contributed by atoms with Gasteiger partial charge in [-0.25, -0.2) is 4.39 Å². The van der Waals surface area contributed by atoms with Crippen LogP contribution in [0.3, 0.4) is 0 Å². The van der Waals surface area contributed by atoms with Crippen LogP contribution in [0.1, 0.15) is 11.7 Å². The highest BCUT2D eigenvalue weighted by molar-refractivity contribution is 7.98. The Balaban J connectivity index is 3.05. The van der Waals surface area contributed by atoms with Crippen molar-refractivity contribution < 1.29 is 9.50 Å². The molecule has 1 aromatic rings. The van der Waals surface area contributed by atoms with Gasteiger partial charge in [-0.15, -0.1) is 35.0 Å². The molecule has 0 aromatic heterocycles. The molecule has 0 amide bonds. The maximum Gasteiger partial charge on any atom is 0.137 e. The fourth-order valence-electron chi connectivity index (χ4n) is 1.01. The first-order valence-electron chi connectivity index (χ1n) is 3.86. The smallest absolute Gasteiger partial charge is 0.137 e. The molecule has 14 heavy (non-hydrogen) atoms. The Morgan fingerprint density at radius 1 is 1.43 bits per heavy atom. The normalized spacial score (nSPS) is 13.3. The molecule has 0 saturated carbocycles. The molecule has 0 heterocycles.